The Balaban J connectivity index is 0.829. The van der Waals surface area contributed by atoms with Gasteiger partial charge in [0.25, 0.3) is 11.6 Å². The largest absolute Gasteiger partial charge is 0.477 e. The number of rotatable bonds is 37. The third-order valence-corrected chi connectivity index (χ3v) is 27.2. The summed E-state index contributed by atoms with van der Waals surface area (Å²) in [4.78, 5) is 25.7. The summed E-state index contributed by atoms with van der Waals surface area (Å²) >= 11 is 0. The Kier molecular flexibility index (Phi) is 39.1. The van der Waals surface area contributed by atoms with Gasteiger partial charge in [-0.3, -0.25) is 0 Å². The lowest BCUT2D eigenvalue weighted by molar-refractivity contribution is -0.402. The minimum Gasteiger partial charge on any atom is -0.477 e. The zero-order valence-electron chi connectivity index (χ0n) is 73.4. The van der Waals surface area contributed by atoms with E-state index in [1.54, 1.807) is 13.8 Å². The van der Waals surface area contributed by atoms with Gasteiger partial charge in [0.1, 0.15) is 189 Å². The van der Waals surface area contributed by atoms with Crippen molar-refractivity contribution in [1.82, 2.24) is 0 Å². The molecule has 0 aromatic rings. The molecule has 0 aromatic carbocycles. The number of ether oxygens (including phenoxy) is 21. The van der Waals surface area contributed by atoms with Crippen LogP contribution >= 0.6 is 0 Å². The maximum absolute atomic E-state index is 12.9. The molecule has 134 heavy (non-hydrogen) atoms. The second-order valence-corrected chi connectivity index (χ2v) is 36.1. The fourth-order valence-corrected chi connectivity index (χ4v) is 18.2. The molecule has 11 fully saturated rings. The number of nitrogens with two attached hydrogens (primary N) is 2. The van der Waals surface area contributed by atoms with Crippen molar-refractivity contribution in [3.63, 3.8) is 0 Å². The molecule has 11 saturated heterocycles. The molecule has 26 unspecified atom stereocenters. The summed E-state index contributed by atoms with van der Waals surface area (Å²) in [6.45, 7) is -2.86. The van der Waals surface area contributed by atoms with Gasteiger partial charge in [0.2, 0.25) is 0 Å². The molecule has 11 rings (SSSR count). The molecule has 0 saturated carbocycles. The summed E-state index contributed by atoms with van der Waals surface area (Å²) in [5.41, 5.74) is 12.0. The minimum atomic E-state index is -2.96. The SMILES string of the molecule is CC1C(O)[C@H](O[C@@H]2OC(CO[C@]3(C(=O)O)C[C@@H](O)[C@@H](N)C(C(O)C(O)CO)O3)[C@H](O)C(O)C2O)[C@H](CO)O[C@H]1O[C@@H]1C(O)[C@H](O)C(CO)O[C@@H]1OCC1O[C@@H](O[C@@H]2C(CO)O[C@@H](O[C@@H]3C(CO)O[C@@H](C)[C@@H](C)C3O)[C@@H](C)C2O)C(O)C(O[C@H]2O[C@H](CO)[C@@H](O)C(O)C2O[C@@H]2OC(CO)[C@H](O[C@@H]3OC(CO[C@]4(C(=O)O)C[C@@H](O)[C@@H](N)C(C(O)C(O)CO)O4)[C@H](C)C(O)[C@@H]3O)C(O)[C@@H]2C)[C@@H]1O. The highest BCUT2D eigenvalue weighted by Gasteiger charge is 2.63. The first-order valence-electron chi connectivity index (χ1n) is 44.1. The first-order valence-corrected chi connectivity index (χ1v) is 44.1. The van der Waals surface area contributed by atoms with Crippen molar-refractivity contribution in [2.45, 2.75) is 373 Å². The van der Waals surface area contributed by atoms with Crippen LogP contribution in [0.1, 0.15) is 54.4 Å². The lowest BCUT2D eigenvalue weighted by Gasteiger charge is -2.51. The molecule has 0 spiro atoms. The molecule has 0 aromatic heterocycles. The molecule has 780 valence electrons. The number of hydrogen-bond acceptors (Lipinski definition) is 54. The van der Waals surface area contributed by atoms with Crippen LogP contribution in [-0.2, 0) is 109 Å². The van der Waals surface area contributed by atoms with E-state index >= 15 is 0 Å². The van der Waals surface area contributed by atoms with Gasteiger partial charge in [0.05, 0.1) is 140 Å². The van der Waals surface area contributed by atoms with Gasteiger partial charge in [-0.25, -0.2) is 9.59 Å². The first kappa shape index (κ1) is 111. The van der Waals surface area contributed by atoms with E-state index in [1.807, 2.05) is 0 Å². The summed E-state index contributed by atoms with van der Waals surface area (Å²) in [7, 11) is 0. The second kappa shape index (κ2) is 47.1. The van der Waals surface area contributed by atoms with Crippen LogP contribution in [0.4, 0.5) is 0 Å². The number of aliphatic carboxylic acids is 2. The molecule has 56 heteroatoms. The van der Waals surface area contributed by atoms with Crippen molar-refractivity contribution >= 4 is 11.9 Å². The lowest BCUT2D eigenvalue weighted by Crippen LogP contribution is -2.68. The topological polar surface area (TPSA) is 907 Å². The van der Waals surface area contributed by atoms with E-state index in [9.17, 15) is 168 Å². The summed E-state index contributed by atoms with van der Waals surface area (Å²) < 4.78 is 126. The minimum absolute atomic E-state index is 0.578. The molecule has 56 nitrogen and oxygen atoms in total. The maximum Gasteiger partial charge on any atom is 0.364 e. The molecule has 0 bridgehead atoms. The van der Waals surface area contributed by atoms with Crippen LogP contribution in [0.5, 0.6) is 0 Å². The molecule has 0 radical (unpaired) electrons. The van der Waals surface area contributed by atoms with Crippen LogP contribution in [0.3, 0.4) is 0 Å². The predicted molar refractivity (Wildman–Crippen MR) is 420 cm³/mol. The number of carbonyl (C=O) groups is 2. The van der Waals surface area contributed by atoms with E-state index in [0.717, 1.165) is 0 Å². The Labute approximate surface area is 763 Å². The van der Waals surface area contributed by atoms with Gasteiger partial charge in [-0.1, -0.05) is 34.6 Å². The van der Waals surface area contributed by atoms with E-state index in [0.29, 0.717) is 0 Å². The van der Waals surface area contributed by atoms with Crippen LogP contribution in [-0.4, -0.2) is 561 Å². The number of aliphatic hydroxyl groups excluding tert-OH is 29. The van der Waals surface area contributed by atoms with Crippen molar-refractivity contribution in [2.75, 3.05) is 72.7 Å². The Morgan fingerprint density at radius 3 is 1.01 bits per heavy atom. The quantitative estimate of drug-likeness (QED) is 0.0275. The normalized spacial score (nSPS) is 50.9. The van der Waals surface area contributed by atoms with Gasteiger partial charge >= 0.3 is 11.9 Å². The van der Waals surface area contributed by atoms with Gasteiger partial charge in [-0.2, -0.15) is 0 Å². The van der Waals surface area contributed by atoms with Crippen molar-refractivity contribution in [2.24, 2.45) is 41.1 Å². The third kappa shape index (κ3) is 23.1. The Bertz CT molecular complexity index is 3610. The summed E-state index contributed by atoms with van der Waals surface area (Å²) in [6.07, 6.45) is -94.3. The molecule has 57 atom stereocenters. The highest BCUT2D eigenvalue weighted by molar-refractivity contribution is 5.76. The van der Waals surface area contributed by atoms with Crippen LogP contribution in [0.2, 0.25) is 0 Å². The van der Waals surface area contributed by atoms with Crippen LogP contribution in [0.15, 0.2) is 0 Å². The van der Waals surface area contributed by atoms with E-state index in [2.05, 4.69) is 0 Å². The predicted octanol–water partition coefficient (Wildman–Crippen LogP) is -19.2. The number of aliphatic hydroxyl groups is 29. The molecule has 11 heterocycles. The van der Waals surface area contributed by atoms with Gasteiger partial charge in [0, 0.05) is 42.4 Å². The zero-order valence-corrected chi connectivity index (χ0v) is 73.4. The fraction of sp³-hybridized carbons (Fsp3) is 0.974. The van der Waals surface area contributed by atoms with E-state index in [1.165, 1.54) is 27.7 Å². The molecular formula is C78H134N2O54. The number of hydrogen-bond donors (Lipinski definition) is 33. The highest BCUT2D eigenvalue weighted by Crippen LogP contribution is 2.45. The van der Waals surface area contributed by atoms with Crippen LogP contribution < -0.4 is 11.5 Å². The molecule has 35 N–H and O–H groups in total. The van der Waals surface area contributed by atoms with Crippen molar-refractivity contribution < 1.29 is 267 Å². The van der Waals surface area contributed by atoms with E-state index in [-0.39, 0.29) is 0 Å². The standard InChI is InChI=1S/C78H134N2O54/c1-20-25(6)117-32(13-85)58(42(20)94)126-67-22(3)43(95)61(35(16-88)120-67)129-72-57(109)64(130-74-66(54(106)49(101)31(12-84)119-74)132-69-24(5)45(97)59(33(14-86)122-69)127-70-55(107)41(93)21(2)36(123-70)18-115-77(75(110)111)7-26(89)39(79)62(133-77)46(98)28(91)9-81)51(103)37(124-72)17-114-73-65(53(105)48(100)30(11-83)118-73)131-68-23(4)44(96)60(34(15-87)121-68)128-71-56(108)52(104)50(102)38(125-71)19-116-78(76(112)113)8-27(90)40(80)63(134-78)47(99)29(92)10-82/h20-74,81-109H,7-19,79-80H2,1-6H3,(H,110,111)(H,112,113)/t20-,21+,22+,23?,24+,25+,26-,27-,28?,29?,30?,31-,32?,33?,34+,35?,36?,37?,38?,39-,40-,41?,42?,43?,44?,45?,46?,47?,48-,49-,50+,51-,52?,53?,54?,55+,56?,57?,58-,59+,60-,61-,62?,63?,64?,65-,66?,67+,68+,69+,70+,71+,72+,73+,74-,77-,78-/m1/s1. The van der Waals surface area contributed by atoms with Gasteiger partial charge < -0.3 is 269 Å². The monoisotopic (exact) mass is 1960 g/mol. The molecular weight excluding hydrogens is 1830 g/mol. The van der Waals surface area contributed by atoms with Gasteiger partial charge in [-0.15, -0.1) is 0 Å². The van der Waals surface area contributed by atoms with Crippen molar-refractivity contribution in [3.05, 3.63) is 0 Å². The fourth-order valence-electron chi connectivity index (χ4n) is 18.2. The third-order valence-electron chi connectivity index (χ3n) is 27.2. The average Bonchev–Trinajstić information content (AvgIpc) is 0.770. The van der Waals surface area contributed by atoms with Crippen LogP contribution in [0, 0.1) is 29.6 Å². The first-order chi connectivity index (χ1) is 63.2. The molecule has 11 aliphatic heterocycles. The average molecular weight is 1960 g/mol. The number of carboxylic acids is 2. The van der Waals surface area contributed by atoms with Crippen molar-refractivity contribution in [3.8, 4) is 0 Å². The summed E-state index contributed by atoms with van der Waals surface area (Å²) in [5, 5.41) is 344. The molecule has 0 amide bonds. The maximum atomic E-state index is 12.9. The Morgan fingerprint density at radius 2 is 0.612 bits per heavy atom. The summed E-state index contributed by atoms with van der Waals surface area (Å²) in [6, 6.07) is -3.12. The van der Waals surface area contributed by atoms with Crippen LogP contribution in [0.25, 0.3) is 0 Å². The summed E-state index contributed by atoms with van der Waals surface area (Å²) in [5.74, 6) is -15.6. The van der Waals surface area contributed by atoms with Gasteiger partial charge in [0.15, 0.2) is 50.3 Å². The van der Waals surface area contributed by atoms with Crippen molar-refractivity contribution in [1.29, 1.82) is 0 Å². The zero-order chi connectivity index (χ0) is 99.0. The second-order valence-electron chi connectivity index (χ2n) is 36.1. The Hall–Kier alpha value is -3.14. The van der Waals surface area contributed by atoms with Gasteiger partial charge in [-0.05, 0) is 6.92 Å². The van der Waals surface area contributed by atoms with E-state index in [4.69, 9.17) is 111 Å². The number of carboxylic acid groups (broad SMARTS) is 2. The smallest absolute Gasteiger partial charge is 0.364 e. The van der Waals surface area contributed by atoms with E-state index < -0.39 is 445 Å². The Morgan fingerprint density at radius 1 is 0.306 bits per heavy atom. The molecule has 11 aliphatic rings. The lowest BCUT2D eigenvalue weighted by atomic mass is 9.88. The molecule has 0 aliphatic carbocycles. The highest BCUT2D eigenvalue weighted by atomic mass is 16.8.